The maximum atomic E-state index is 13.8. The van der Waals surface area contributed by atoms with Gasteiger partial charge in [0.15, 0.2) is 0 Å². The van der Waals surface area contributed by atoms with E-state index < -0.39 is 42.2 Å². The number of anilines is 1. The fraction of sp³-hybridized carbons (Fsp3) is 0.444. The van der Waals surface area contributed by atoms with Crippen LogP contribution in [0.4, 0.5) is 10.5 Å². The molecule has 2 unspecified atom stereocenters. The predicted octanol–water partition coefficient (Wildman–Crippen LogP) is 4.59. The van der Waals surface area contributed by atoms with Gasteiger partial charge in [-0.3, -0.25) is 9.59 Å². The van der Waals surface area contributed by atoms with Gasteiger partial charge in [-0.05, 0) is 58.7 Å². The summed E-state index contributed by atoms with van der Waals surface area (Å²) in [6.45, 7) is 10.2. The Balaban J connectivity index is 2.53. The number of alkyl carbamates (subject to hydrolysis) is 1. The molecule has 0 aliphatic rings. The van der Waals surface area contributed by atoms with Crippen molar-refractivity contribution in [3.63, 3.8) is 0 Å². The molecule has 3 N–H and O–H groups in total. The highest BCUT2D eigenvalue weighted by molar-refractivity contribution is 7.80. The average molecular weight is 550 g/mol. The van der Waals surface area contributed by atoms with Crippen molar-refractivity contribution in [1.29, 1.82) is 0 Å². The van der Waals surface area contributed by atoms with Crippen molar-refractivity contribution in [2.75, 3.05) is 24.2 Å². The number of aryl methyl sites for hydroxylation is 3. The van der Waals surface area contributed by atoms with E-state index in [9.17, 15) is 19.5 Å². The Hall–Kier alpha value is -2.75. The van der Waals surface area contributed by atoms with E-state index in [-0.39, 0.29) is 12.3 Å². The second kappa shape index (κ2) is 13.2. The summed E-state index contributed by atoms with van der Waals surface area (Å²) in [5.41, 5.74) is 2.76. The summed E-state index contributed by atoms with van der Waals surface area (Å²) in [7, 11) is 0. The molecule has 202 valence electrons. The molecule has 3 amide bonds. The molecule has 8 nitrogen and oxygen atoms in total. The van der Waals surface area contributed by atoms with Crippen LogP contribution in [-0.2, 0) is 14.3 Å². The number of carbonyl (C=O) groups is 3. The Morgan fingerprint density at radius 3 is 2.24 bits per heavy atom. The number of thiol groups is 1. The minimum atomic E-state index is -1.13. The van der Waals surface area contributed by atoms with Gasteiger partial charge in [-0.15, -0.1) is 0 Å². The molecule has 10 heteroatoms. The van der Waals surface area contributed by atoms with Crippen LogP contribution in [0.5, 0.6) is 0 Å². The van der Waals surface area contributed by atoms with Gasteiger partial charge < -0.3 is 25.4 Å². The van der Waals surface area contributed by atoms with Crippen LogP contribution in [0, 0.1) is 20.8 Å². The van der Waals surface area contributed by atoms with Crippen molar-refractivity contribution in [3.05, 3.63) is 63.7 Å². The Morgan fingerprint density at radius 1 is 1.11 bits per heavy atom. The van der Waals surface area contributed by atoms with Crippen LogP contribution >= 0.6 is 24.2 Å². The Morgan fingerprint density at radius 2 is 1.73 bits per heavy atom. The lowest BCUT2D eigenvalue weighted by molar-refractivity contribution is -0.140. The number of carbonyl (C=O) groups excluding carboxylic acids is 3. The number of aliphatic hydroxyl groups excluding tert-OH is 1. The van der Waals surface area contributed by atoms with Crippen LogP contribution in [0.1, 0.15) is 49.1 Å². The number of nitrogens with one attached hydrogen (secondary N) is 2. The van der Waals surface area contributed by atoms with Gasteiger partial charge in [0.25, 0.3) is 5.91 Å². The number of para-hydroxylation sites is 1. The Kier molecular flexibility index (Phi) is 10.8. The van der Waals surface area contributed by atoms with Crippen molar-refractivity contribution in [1.82, 2.24) is 10.2 Å². The molecule has 0 radical (unpaired) electrons. The zero-order valence-electron chi connectivity index (χ0n) is 22.1. The molecule has 0 spiro atoms. The number of ether oxygens (including phenoxy) is 1. The molecule has 2 aromatic rings. The van der Waals surface area contributed by atoms with E-state index in [1.54, 1.807) is 32.9 Å². The van der Waals surface area contributed by atoms with Crippen molar-refractivity contribution in [2.24, 2.45) is 0 Å². The molecule has 0 saturated heterocycles. The summed E-state index contributed by atoms with van der Waals surface area (Å²) in [5.74, 6) is -1.16. The molecule has 0 aliphatic carbocycles. The molecule has 0 aromatic heterocycles. The summed E-state index contributed by atoms with van der Waals surface area (Å²) in [6.07, 6.45) is -0.789. The third-order valence-electron chi connectivity index (χ3n) is 5.39. The first kappa shape index (κ1) is 30.5. The number of rotatable bonds is 9. The first-order valence-corrected chi connectivity index (χ1v) is 12.9. The van der Waals surface area contributed by atoms with E-state index >= 15 is 0 Å². The summed E-state index contributed by atoms with van der Waals surface area (Å²) < 4.78 is 5.29. The zero-order chi connectivity index (χ0) is 27.9. The summed E-state index contributed by atoms with van der Waals surface area (Å²) >= 11 is 10.6. The number of aliphatic hydroxyl groups is 1. The monoisotopic (exact) mass is 549 g/mol. The summed E-state index contributed by atoms with van der Waals surface area (Å²) in [6, 6.07) is 8.59. The van der Waals surface area contributed by atoms with E-state index in [0.29, 0.717) is 16.3 Å². The zero-order valence-corrected chi connectivity index (χ0v) is 23.7. The van der Waals surface area contributed by atoms with Crippen molar-refractivity contribution in [2.45, 2.75) is 59.2 Å². The van der Waals surface area contributed by atoms with E-state index in [1.165, 1.54) is 4.90 Å². The van der Waals surface area contributed by atoms with Crippen LogP contribution in [0.3, 0.4) is 0 Å². The van der Waals surface area contributed by atoms with E-state index in [1.807, 2.05) is 45.0 Å². The van der Waals surface area contributed by atoms with Gasteiger partial charge in [-0.25, -0.2) is 4.79 Å². The Labute approximate surface area is 229 Å². The van der Waals surface area contributed by atoms with Gasteiger partial charge in [0.05, 0.1) is 17.3 Å². The van der Waals surface area contributed by atoms with Crippen molar-refractivity contribution in [3.8, 4) is 0 Å². The number of halogens is 1. The van der Waals surface area contributed by atoms with Crippen LogP contribution in [-0.4, -0.2) is 58.5 Å². The molecule has 0 heterocycles. The van der Waals surface area contributed by atoms with E-state index in [0.717, 1.165) is 16.7 Å². The third-order valence-corrected chi connectivity index (χ3v) is 6.07. The lowest BCUT2D eigenvalue weighted by Gasteiger charge is -2.34. The van der Waals surface area contributed by atoms with E-state index in [4.69, 9.17) is 16.3 Å². The minimum Gasteiger partial charge on any atom is -0.444 e. The number of hydrogen-bond donors (Lipinski definition) is 4. The van der Waals surface area contributed by atoms with Gasteiger partial charge in [-0.2, -0.15) is 12.6 Å². The van der Waals surface area contributed by atoms with E-state index in [2.05, 4.69) is 23.3 Å². The molecular weight excluding hydrogens is 514 g/mol. The lowest BCUT2D eigenvalue weighted by atomic mass is 9.98. The van der Waals surface area contributed by atoms with Gasteiger partial charge >= 0.3 is 6.09 Å². The van der Waals surface area contributed by atoms with Gasteiger partial charge in [0.1, 0.15) is 17.7 Å². The van der Waals surface area contributed by atoms with Gasteiger partial charge in [-0.1, -0.05) is 53.1 Å². The first-order valence-electron chi connectivity index (χ1n) is 11.9. The second-order valence-corrected chi connectivity index (χ2v) is 10.7. The predicted molar refractivity (Wildman–Crippen MR) is 149 cm³/mol. The molecule has 0 bridgehead atoms. The lowest BCUT2D eigenvalue weighted by Crippen LogP contribution is -2.53. The smallest absolute Gasteiger partial charge is 0.408 e. The molecule has 0 aliphatic heterocycles. The number of nitrogens with zero attached hydrogens (tertiary/aromatic N) is 1. The van der Waals surface area contributed by atoms with Gasteiger partial charge in [0.2, 0.25) is 5.91 Å². The first-order chi connectivity index (χ1) is 17.3. The minimum absolute atomic E-state index is 0.0508. The maximum Gasteiger partial charge on any atom is 0.408 e. The quantitative estimate of drug-likeness (QED) is 0.342. The second-order valence-electron chi connectivity index (χ2n) is 9.88. The highest BCUT2D eigenvalue weighted by atomic mass is 35.5. The largest absolute Gasteiger partial charge is 0.444 e. The standard InChI is InChI=1S/C27H36ClN3O5S/c1-16-12-17(2)14-19(13-16)23(24(33)30-22-18(3)8-7-9-20(22)28)31(10-11-32)25(34)21(15-37)29-26(35)36-27(4,5)6/h7-9,12-14,21,23,32,37H,10-11,15H2,1-6H3,(H,29,35)(H,30,33). The fourth-order valence-electron chi connectivity index (χ4n) is 3.93. The SMILES string of the molecule is Cc1cc(C)cc(C(C(=O)Nc2c(C)cccc2Cl)N(CCO)C(=O)C(CS)NC(=O)OC(C)(C)C)c1. The van der Waals surface area contributed by atoms with Crippen molar-refractivity contribution < 1.29 is 24.2 Å². The highest BCUT2D eigenvalue weighted by Gasteiger charge is 2.36. The summed E-state index contributed by atoms with van der Waals surface area (Å²) in [5, 5.41) is 15.6. The molecule has 2 rings (SSSR count). The van der Waals surface area contributed by atoms with Crippen molar-refractivity contribution >= 4 is 47.8 Å². The average Bonchev–Trinajstić information content (AvgIpc) is 2.77. The molecule has 37 heavy (non-hydrogen) atoms. The highest BCUT2D eigenvalue weighted by Crippen LogP contribution is 2.30. The fourth-order valence-corrected chi connectivity index (χ4v) is 4.45. The molecule has 0 fully saturated rings. The third kappa shape index (κ3) is 8.66. The van der Waals surface area contributed by atoms with Crippen LogP contribution in [0.2, 0.25) is 5.02 Å². The molecule has 0 saturated carbocycles. The maximum absolute atomic E-state index is 13.8. The van der Waals surface area contributed by atoms with Crippen LogP contribution in [0.15, 0.2) is 36.4 Å². The molecular formula is C27H36ClN3O5S. The molecule has 2 atom stereocenters. The van der Waals surface area contributed by atoms with Crippen LogP contribution < -0.4 is 10.6 Å². The Bertz CT molecular complexity index is 1100. The number of amides is 3. The normalized spacial score (nSPS) is 12.9. The number of benzene rings is 2. The van der Waals surface area contributed by atoms with Gasteiger partial charge in [0, 0.05) is 12.3 Å². The molecule has 2 aromatic carbocycles. The number of hydrogen-bond acceptors (Lipinski definition) is 6. The summed E-state index contributed by atoms with van der Waals surface area (Å²) in [4.78, 5) is 41.2. The van der Waals surface area contributed by atoms with Crippen LogP contribution in [0.25, 0.3) is 0 Å². The topological polar surface area (TPSA) is 108 Å².